The van der Waals surface area contributed by atoms with Crippen LogP contribution < -0.4 is 10.6 Å². The Morgan fingerprint density at radius 2 is 2.04 bits per heavy atom. The molecule has 0 amide bonds. The van der Waals surface area contributed by atoms with Gasteiger partial charge in [-0.1, -0.05) is 0 Å². The highest BCUT2D eigenvalue weighted by Gasteiger charge is 2.24. The van der Waals surface area contributed by atoms with Crippen molar-refractivity contribution >= 4 is 27.7 Å². The van der Waals surface area contributed by atoms with E-state index in [0.717, 1.165) is 37.6 Å². The van der Waals surface area contributed by atoms with Crippen LogP contribution in [-0.4, -0.2) is 68.7 Å². The van der Waals surface area contributed by atoms with E-state index in [1.165, 1.54) is 24.9 Å². The maximum absolute atomic E-state index is 11.5. The van der Waals surface area contributed by atoms with Crippen LogP contribution in [0.2, 0.25) is 0 Å². The maximum Gasteiger partial charge on any atom is 0.211 e. The first-order valence-corrected chi connectivity index (χ1v) is 11.6. The van der Waals surface area contributed by atoms with E-state index in [0.29, 0.717) is 25.0 Å². The number of rotatable bonds is 5. The molecule has 2 N–H and O–H groups in total. The minimum atomic E-state index is -3.04. The molecule has 0 aliphatic carbocycles. The molecule has 0 spiro atoms. The van der Waals surface area contributed by atoms with Crippen molar-refractivity contribution in [2.45, 2.75) is 38.6 Å². The molecule has 134 valence electrons. The molecule has 2 fully saturated rings. The quantitative estimate of drug-likeness (QED) is 0.566. The number of nitrogens with one attached hydrogen (secondary N) is 2. The molecule has 0 saturated carbocycles. The fourth-order valence-electron chi connectivity index (χ4n) is 3.01. The molecule has 0 aromatic carbocycles. The Labute approximate surface area is 144 Å². The summed E-state index contributed by atoms with van der Waals surface area (Å²) in [5.74, 6) is 3.80. The van der Waals surface area contributed by atoms with Crippen molar-refractivity contribution in [3.05, 3.63) is 0 Å². The fourth-order valence-corrected chi connectivity index (χ4v) is 4.96. The topological polar surface area (TPSA) is 73.8 Å². The van der Waals surface area contributed by atoms with E-state index in [1.807, 2.05) is 11.8 Å². The molecular weight excluding hydrogens is 332 g/mol. The molecule has 2 rings (SSSR count). The zero-order valence-corrected chi connectivity index (χ0v) is 15.9. The number of hydrogen-bond donors (Lipinski definition) is 2. The lowest BCUT2D eigenvalue weighted by atomic mass is 9.98. The Morgan fingerprint density at radius 3 is 2.61 bits per heavy atom. The van der Waals surface area contributed by atoms with Crippen molar-refractivity contribution in [1.29, 1.82) is 0 Å². The van der Waals surface area contributed by atoms with Gasteiger partial charge in [0.1, 0.15) is 0 Å². The molecule has 2 aliphatic heterocycles. The average molecular weight is 363 g/mol. The number of sulfonamides is 1. The van der Waals surface area contributed by atoms with Gasteiger partial charge in [0.05, 0.1) is 6.26 Å². The number of hydrogen-bond acceptors (Lipinski definition) is 4. The Hall–Kier alpha value is -0.470. The van der Waals surface area contributed by atoms with Crippen LogP contribution in [0.5, 0.6) is 0 Å². The number of guanidine groups is 1. The maximum atomic E-state index is 11.5. The summed E-state index contributed by atoms with van der Waals surface area (Å²) < 4.78 is 24.7. The van der Waals surface area contributed by atoms with Gasteiger partial charge >= 0.3 is 0 Å². The average Bonchev–Trinajstić information content (AvgIpc) is 2.53. The van der Waals surface area contributed by atoms with Gasteiger partial charge in [-0.05, 0) is 44.3 Å². The molecule has 2 aliphatic rings. The van der Waals surface area contributed by atoms with Crippen molar-refractivity contribution in [2.24, 2.45) is 10.9 Å². The van der Waals surface area contributed by atoms with Gasteiger partial charge in [-0.2, -0.15) is 11.8 Å². The molecular formula is C15H30N4O2S2. The van der Waals surface area contributed by atoms with Gasteiger partial charge in [0.2, 0.25) is 10.0 Å². The summed E-state index contributed by atoms with van der Waals surface area (Å²) in [6.45, 7) is 4.97. The van der Waals surface area contributed by atoms with E-state index >= 15 is 0 Å². The third kappa shape index (κ3) is 6.51. The standard InChI is InChI=1S/C15H30N4O2S2/c1-3-16-15(18-14-5-4-10-22-12-14)17-11-13-6-8-19(9-7-13)23(2,20)21/h13-14H,3-12H2,1-2H3,(H2,16,17,18). The molecule has 1 unspecified atom stereocenters. The van der Waals surface area contributed by atoms with Crippen molar-refractivity contribution < 1.29 is 8.42 Å². The van der Waals surface area contributed by atoms with Gasteiger partial charge in [0, 0.05) is 38.0 Å². The van der Waals surface area contributed by atoms with Crippen LogP contribution in [0.15, 0.2) is 4.99 Å². The third-order valence-electron chi connectivity index (χ3n) is 4.40. The van der Waals surface area contributed by atoms with E-state index in [4.69, 9.17) is 4.99 Å². The van der Waals surface area contributed by atoms with Crippen molar-refractivity contribution in [2.75, 3.05) is 43.9 Å². The Kier molecular flexibility index (Phi) is 7.49. The van der Waals surface area contributed by atoms with Gasteiger partial charge < -0.3 is 10.6 Å². The third-order valence-corrected chi connectivity index (χ3v) is 6.91. The van der Waals surface area contributed by atoms with Gasteiger partial charge in [-0.25, -0.2) is 12.7 Å². The lowest BCUT2D eigenvalue weighted by Crippen LogP contribution is -2.46. The molecule has 2 saturated heterocycles. The summed E-state index contributed by atoms with van der Waals surface area (Å²) in [6, 6.07) is 0.513. The first-order valence-electron chi connectivity index (χ1n) is 8.56. The molecule has 0 aromatic rings. The Balaban J connectivity index is 1.81. The lowest BCUT2D eigenvalue weighted by molar-refractivity contribution is 0.280. The summed E-state index contributed by atoms with van der Waals surface area (Å²) in [7, 11) is -3.04. The number of aliphatic imine (C=N–C) groups is 1. The smallest absolute Gasteiger partial charge is 0.211 e. The van der Waals surface area contributed by atoms with Crippen molar-refractivity contribution in [1.82, 2.24) is 14.9 Å². The van der Waals surface area contributed by atoms with Gasteiger partial charge in [-0.3, -0.25) is 4.99 Å². The number of thioether (sulfide) groups is 1. The zero-order valence-electron chi connectivity index (χ0n) is 14.3. The second-order valence-corrected chi connectivity index (χ2v) is 9.52. The van der Waals surface area contributed by atoms with Crippen LogP contribution in [0.25, 0.3) is 0 Å². The van der Waals surface area contributed by atoms with Gasteiger partial charge in [0.25, 0.3) is 0 Å². The van der Waals surface area contributed by atoms with E-state index < -0.39 is 10.0 Å². The summed E-state index contributed by atoms with van der Waals surface area (Å²) >= 11 is 2.00. The number of nitrogens with zero attached hydrogens (tertiary/aromatic N) is 2. The highest BCUT2D eigenvalue weighted by molar-refractivity contribution is 7.99. The second kappa shape index (κ2) is 9.13. The molecule has 6 nitrogen and oxygen atoms in total. The molecule has 2 heterocycles. The zero-order chi connectivity index (χ0) is 16.7. The Morgan fingerprint density at radius 1 is 1.30 bits per heavy atom. The predicted molar refractivity (Wildman–Crippen MR) is 98.6 cm³/mol. The minimum Gasteiger partial charge on any atom is -0.357 e. The Bertz CT molecular complexity index is 482. The van der Waals surface area contributed by atoms with Crippen LogP contribution in [0.4, 0.5) is 0 Å². The summed E-state index contributed by atoms with van der Waals surface area (Å²) in [5, 5.41) is 6.87. The molecule has 23 heavy (non-hydrogen) atoms. The van der Waals surface area contributed by atoms with E-state index in [9.17, 15) is 8.42 Å². The summed E-state index contributed by atoms with van der Waals surface area (Å²) in [4.78, 5) is 4.74. The minimum absolute atomic E-state index is 0.476. The van der Waals surface area contributed by atoms with Crippen LogP contribution >= 0.6 is 11.8 Å². The molecule has 0 radical (unpaired) electrons. The molecule has 0 aromatic heterocycles. The molecule has 1 atom stereocenters. The van der Waals surface area contributed by atoms with E-state index in [-0.39, 0.29) is 0 Å². The summed E-state index contributed by atoms with van der Waals surface area (Å²) in [6.07, 6.45) is 5.57. The second-order valence-electron chi connectivity index (χ2n) is 6.38. The van der Waals surface area contributed by atoms with Crippen LogP contribution in [-0.2, 0) is 10.0 Å². The lowest BCUT2D eigenvalue weighted by Gasteiger charge is -2.29. The predicted octanol–water partition coefficient (Wildman–Crippen LogP) is 1.11. The first-order chi connectivity index (χ1) is 11.0. The number of piperidine rings is 1. The van der Waals surface area contributed by atoms with E-state index in [2.05, 4.69) is 17.6 Å². The highest BCUT2D eigenvalue weighted by Crippen LogP contribution is 2.19. The summed E-state index contributed by atoms with van der Waals surface area (Å²) in [5.41, 5.74) is 0. The normalized spacial score (nSPS) is 25.3. The SMILES string of the molecule is CCNC(=NCC1CCN(S(C)(=O)=O)CC1)NC1CCCSC1. The largest absolute Gasteiger partial charge is 0.357 e. The first kappa shape index (κ1) is 18.9. The van der Waals surface area contributed by atoms with Crippen molar-refractivity contribution in [3.8, 4) is 0 Å². The molecule has 8 heteroatoms. The van der Waals surface area contributed by atoms with Crippen LogP contribution in [0, 0.1) is 5.92 Å². The van der Waals surface area contributed by atoms with Crippen LogP contribution in [0.3, 0.4) is 0 Å². The molecule has 0 bridgehead atoms. The van der Waals surface area contributed by atoms with Gasteiger partial charge in [-0.15, -0.1) is 0 Å². The fraction of sp³-hybridized carbons (Fsp3) is 0.933. The van der Waals surface area contributed by atoms with Crippen LogP contribution in [0.1, 0.15) is 32.6 Å². The highest BCUT2D eigenvalue weighted by atomic mass is 32.2. The monoisotopic (exact) mass is 362 g/mol. The van der Waals surface area contributed by atoms with Crippen molar-refractivity contribution in [3.63, 3.8) is 0 Å². The van der Waals surface area contributed by atoms with Gasteiger partial charge in [0.15, 0.2) is 5.96 Å². The van der Waals surface area contributed by atoms with E-state index in [1.54, 1.807) is 4.31 Å².